The standard InChI is InChI=1S/C17H22N2OS/c1-4-10-18-13(2)17-9-8-16(12-19-17)21-15-7-5-6-14(11-15)20-3/h5-9,11-13,18H,4,10H2,1-3H3. The lowest BCUT2D eigenvalue weighted by Gasteiger charge is -2.12. The highest BCUT2D eigenvalue weighted by atomic mass is 32.2. The number of hydrogen-bond acceptors (Lipinski definition) is 4. The third-order valence-corrected chi connectivity index (χ3v) is 4.15. The lowest BCUT2D eigenvalue weighted by Crippen LogP contribution is -2.20. The van der Waals surface area contributed by atoms with Gasteiger partial charge in [-0.15, -0.1) is 0 Å². The van der Waals surface area contributed by atoms with Gasteiger partial charge < -0.3 is 10.1 Å². The summed E-state index contributed by atoms with van der Waals surface area (Å²) in [5.74, 6) is 0.877. The second kappa shape index (κ2) is 8.05. The Kier molecular flexibility index (Phi) is 6.08. The van der Waals surface area contributed by atoms with Gasteiger partial charge in [0, 0.05) is 22.0 Å². The molecule has 0 amide bonds. The number of benzene rings is 1. The van der Waals surface area contributed by atoms with Crippen LogP contribution < -0.4 is 10.1 Å². The number of nitrogens with zero attached hydrogens (tertiary/aromatic N) is 1. The van der Waals surface area contributed by atoms with Gasteiger partial charge in [0.05, 0.1) is 12.8 Å². The van der Waals surface area contributed by atoms with Gasteiger partial charge in [0.1, 0.15) is 5.75 Å². The normalized spacial score (nSPS) is 12.1. The van der Waals surface area contributed by atoms with E-state index in [1.807, 2.05) is 24.4 Å². The topological polar surface area (TPSA) is 34.1 Å². The molecule has 1 N–H and O–H groups in total. The number of rotatable bonds is 7. The molecular weight excluding hydrogens is 280 g/mol. The van der Waals surface area contributed by atoms with Gasteiger partial charge in [-0.3, -0.25) is 4.98 Å². The van der Waals surface area contributed by atoms with Crippen molar-refractivity contribution >= 4 is 11.8 Å². The molecule has 0 saturated heterocycles. The van der Waals surface area contributed by atoms with Crippen molar-refractivity contribution in [1.82, 2.24) is 10.3 Å². The van der Waals surface area contributed by atoms with Crippen LogP contribution >= 0.6 is 11.8 Å². The third-order valence-electron chi connectivity index (χ3n) is 3.18. The first-order valence-corrected chi connectivity index (χ1v) is 8.06. The van der Waals surface area contributed by atoms with E-state index in [0.717, 1.165) is 34.2 Å². The quantitative estimate of drug-likeness (QED) is 0.827. The summed E-state index contributed by atoms with van der Waals surface area (Å²) in [7, 11) is 1.69. The highest BCUT2D eigenvalue weighted by molar-refractivity contribution is 7.99. The molecule has 1 atom stereocenters. The fourth-order valence-corrected chi connectivity index (χ4v) is 2.81. The highest BCUT2D eigenvalue weighted by Gasteiger charge is 2.06. The first-order chi connectivity index (χ1) is 10.2. The van der Waals surface area contributed by atoms with E-state index in [9.17, 15) is 0 Å². The van der Waals surface area contributed by atoms with Crippen molar-refractivity contribution in [3.05, 3.63) is 48.3 Å². The fourth-order valence-electron chi connectivity index (χ4n) is 1.97. The van der Waals surface area contributed by atoms with Crippen LogP contribution in [0, 0.1) is 0 Å². The highest BCUT2D eigenvalue weighted by Crippen LogP contribution is 2.29. The minimum atomic E-state index is 0.292. The van der Waals surface area contributed by atoms with Crippen molar-refractivity contribution in [2.24, 2.45) is 0 Å². The molecule has 0 aliphatic carbocycles. The van der Waals surface area contributed by atoms with E-state index >= 15 is 0 Å². The molecular formula is C17H22N2OS. The molecule has 0 spiro atoms. The monoisotopic (exact) mass is 302 g/mol. The van der Waals surface area contributed by atoms with Gasteiger partial charge in [-0.25, -0.2) is 0 Å². The number of nitrogens with one attached hydrogen (secondary N) is 1. The maximum Gasteiger partial charge on any atom is 0.119 e. The molecule has 1 unspecified atom stereocenters. The van der Waals surface area contributed by atoms with Crippen LogP contribution in [0.1, 0.15) is 32.0 Å². The minimum absolute atomic E-state index is 0.292. The fraction of sp³-hybridized carbons (Fsp3) is 0.353. The van der Waals surface area contributed by atoms with E-state index < -0.39 is 0 Å². The van der Waals surface area contributed by atoms with Crippen LogP contribution in [0.25, 0.3) is 0 Å². The second-order valence-corrected chi connectivity index (χ2v) is 6.02. The predicted molar refractivity (Wildman–Crippen MR) is 88.1 cm³/mol. The van der Waals surface area contributed by atoms with Crippen LogP contribution in [-0.4, -0.2) is 18.6 Å². The molecule has 1 aromatic heterocycles. The van der Waals surface area contributed by atoms with Gasteiger partial charge in [-0.1, -0.05) is 24.8 Å². The van der Waals surface area contributed by atoms with Crippen molar-refractivity contribution < 1.29 is 4.74 Å². The van der Waals surface area contributed by atoms with E-state index in [1.165, 1.54) is 0 Å². The van der Waals surface area contributed by atoms with Gasteiger partial charge in [-0.05, 0) is 50.2 Å². The van der Waals surface area contributed by atoms with Crippen molar-refractivity contribution in [1.29, 1.82) is 0 Å². The maximum atomic E-state index is 5.24. The summed E-state index contributed by atoms with van der Waals surface area (Å²) in [6.45, 7) is 5.33. The van der Waals surface area contributed by atoms with Crippen molar-refractivity contribution in [2.45, 2.75) is 36.1 Å². The third kappa shape index (κ3) is 4.76. The second-order valence-electron chi connectivity index (χ2n) is 4.88. The molecule has 4 heteroatoms. The Morgan fingerprint density at radius 2 is 2.10 bits per heavy atom. The molecule has 21 heavy (non-hydrogen) atoms. The summed E-state index contributed by atoms with van der Waals surface area (Å²) in [6, 6.07) is 12.6. The van der Waals surface area contributed by atoms with E-state index in [2.05, 4.69) is 42.3 Å². The molecule has 3 nitrogen and oxygen atoms in total. The predicted octanol–water partition coefficient (Wildman–Crippen LogP) is 4.30. The van der Waals surface area contributed by atoms with Crippen LogP contribution in [0.4, 0.5) is 0 Å². The molecule has 0 radical (unpaired) electrons. The molecule has 1 aromatic carbocycles. The average molecular weight is 302 g/mol. The first kappa shape index (κ1) is 15.9. The van der Waals surface area contributed by atoms with Crippen molar-refractivity contribution in [3.63, 3.8) is 0 Å². The number of aromatic nitrogens is 1. The van der Waals surface area contributed by atoms with Gasteiger partial charge in [0.2, 0.25) is 0 Å². The Labute approximate surface area is 131 Å². The molecule has 1 heterocycles. The van der Waals surface area contributed by atoms with E-state index in [0.29, 0.717) is 6.04 Å². The number of ether oxygens (including phenoxy) is 1. The molecule has 0 bridgehead atoms. The SMILES string of the molecule is CCCNC(C)c1ccc(Sc2cccc(OC)c2)cn1. The lowest BCUT2D eigenvalue weighted by molar-refractivity contribution is 0.413. The summed E-state index contributed by atoms with van der Waals surface area (Å²) in [6.07, 6.45) is 3.07. The lowest BCUT2D eigenvalue weighted by atomic mass is 10.2. The van der Waals surface area contributed by atoms with Crippen LogP contribution in [0.3, 0.4) is 0 Å². The maximum absolute atomic E-state index is 5.24. The van der Waals surface area contributed by atoms with Crippen LogP contribution in [-0.2, 0) is 0 Å². The molecule has 0 fully saturated rings. The number of pyridine rings is 1. The van der Waals surface area contributed by atoms with Gasteiger partial charge in [-0.2, -0.15) is 0 Å². The Bertz CT molecular complexity index is 557. The Hall–Kier alpha value is -1.52. The molecule has 0 aliphatic heterocycles. The summed E-state index contributed by atoms with van der Waals surface area (Å²) in [5, 5.41) is 3.45. The van der Waals surface area contributed by atoms with E-state index in [4.69, 9.17) is 4.74 Å². The summed E-state index contributed by atoms with van der Waals surface area (Å²) in [4.78, 5) is 6.84. The molecule has 0 aliphatic rings. The van der Waals surface area contributed by atoms with E-state index in [1.54, 1.807) is 18.9 Å². The van der Waals surface area contributed by atoms with Gasteiger partial charge >= 0.3 is 0 Å². The average Bonchev–Trinajstić information content (AvgIpc) is 2.53. The van der Waals surface area contributed by atoms with Crippen molar-refractivity contribution in [3.8, 4) is 5.75 Å². The van der Waals surface area contributed by atoms with Crippen LogP contribution in [0.15, 0.2) is 52.4 Å². The first-order valence-electron chi connectivity index (χ1n) is 7.24. The molecule has 2 rings (SSSR count). The smallest absolute Gasteiger partial charge is 0.119 e. The summed E-state index contributed by atoms with van der Waals surface area (Å²) in [5.41, 5.74) is 1.08. The largest absolute Gasteiger partial charge is 0.497 e. The van der Waals surface area contributed by atoms with Gasteiger partial charge in [0.25, 0.3) is 0 Å². The zero-order chi connectivity index (χ0) is 15.1. The molecule has 0 saturated carbocycles. The van der Waals surface area contributed by atoms with Crippen LogP contribution in [0.5, 0.6) is 5.75 Å². The zero-order valence-electron chi connectivity index (χ0n) is 12.8. The summed E-state index contributed by atoms with van der Waals surface area (Å²) >= 11 is 1.69. The van der Waals surface area contributed by atoms with Crippen LogP contribution in [0.2, 0.25) is 0 Å². The van der Waals surface area contributed by atoms with Gasteiger partial charge in [0.15, 0.2) is 0 Å². The molecule has 112 valence electrons. The Morgan fingerprint density at radius 1 is 1.24 bits per heavy atom. The number of hydrogen-bond donors (Lipinski definition) is 1. The minimum Gasteiger partial charge on any atom is -0.497 e. The Balaban J connectivity index is 2.01. The number of methoxy groups -OCH3 is 1. The van der Waals surface area contributed by atoms with E-state index in [-0.39, 0.29) is 0 Å². The zero-order valence-corrected chi connectivity index (χ0v) is 13.6. The Morgan fingerprint density at radius 3 is 2.76 bits per heavy atom. The van der Waals surface area contributed by atoms with Crippen molar-refractivity contribution in [2.75, 3.05) is 13.7 Å². The molecule has 2 aromatic rings. The summed E-state index contributed by atoms with van der Waals surface area (Å²) < 4.78 is 5.24.